The van der Waals surface area contributed by atoms with Gasteiger partial charge in [0.1, 0.15) is 0 Å². The van der Waals surface area contributed by atoms with E-state index < -0.39 is 10.0 Å². The molecule has 2 N–H and O–H groups in total. The van der Waals surface area contributed by atoms with E-state index in [1.165, 1.54) is 12.1 Å². The van der Waals surface area contributed by atoms with Crippen LogP contribution >= 0.6 is 0 Å². The number of aliphatic hydroxyl groups excluding tert-OH is 1. The maximum absolute atomic E-state index is 12.2. The van der Waals surface area contributed by atoms with Crippen LogP contribution in [0.4, 0.5) is 0 Å². The summed E-state index contributed by atoms with van der Waals surface area (Å²) >= 11 is 0. The van der Waals surface area contributed by atoms with Crippen molar-refractivity contribution in [2.24, 2.45) is 0 Å². The summed E-state index contributed by atoms with van der Waals surface area (Å²) in [6.07, 6.45) is 1.44. The predicted octanol–water partition coefficient (Wildman–Crippen LogP) is 1.72. The first-order valence-corrected chi connectivity index (χ1v) is 8.15. The largest absolute Gasteiger partial charge is 0.396 e. The fourth-order valence-electron chi connectivity index (χ4n) is 1.83. The minimum Gasteiger partial charge on any atom is -0.396 e. The average molecular weight is 299 g/mol. The molecule has 0 amide bonds. The van der Waals surface area contributed by atoms with Gasteiger partial charge < -0.3 is 5.11 Å². The summed E-state index contributed by atoms with van der Waals surface area (Å²) in [5.74, 6) is -0.0876. The number of Topliss-reactive ketones (excluding diaryl/α,β-unsaturated/α-hetero) is 1. The Morgan fingerprint density at radius 2 is 2.10 bits per heavy atom. The van der Waals surface area contributed by atoms with Gasteiger partial charge >= 0.3 is 0 Å². The standard InChI is InChI=1S/C14H21NO4S/c1-3-14(17)12-7-4-8-13(10-12)20(18,19)15-11(2)6-5-9-16/h4,7-8,10-11,15-16H,3,5-6,9H2,1-2H3. The lowest BCUT2D eigenvalue weighted by atomic mass is 10.1. The zero-order valence-electron chi connectivity index (χ0n) is 11.8. The minimum absolute atomic E-state index is 0.0343. The highest BCUT2D eigenvalue weighted by Crippen LogP contribution is 2.14. The van der Waals surface area contributed by atoms with E-state index in [0.29, 0.717) is 24.8 Å². The monoisotopic (exact) mass is 299 g/mol. The molecule has 0 fully saturated rings. The highest BCUT2D eigenvalue weighted by Gasteiger charge is 2.18. The summed E-state index contributed by atoms with van der Waals surface area (Å²) < 4.78 is 26.9. The molecule has 1 aromatic rings. The molecule has 5 nitrogen and oxygen atoms in total. The molecular weight excluding hydrogens is 278 g/mol. The van der Waals surface area contributed by atoms with E-state index in [4.69, 9.17) is 5.11 Å². The molecule has 0 saturated heterocycles. The molecule has 1 unspecified atom stereocenters. The molecule has 0 heterocycles. The number of sulfonamides is 1. The summed E-state index contributed by atoms with van der Waals surface area (Å²) in [5.41, 5.74) is 0.401. The lowest BCUT2D eigenvalue weighted by molar-refractivity contribution is 0.0988. The molecule has 0 spiro atoms. The quantitative estimate of drug-likeness (QED) is 0.716. The van der Waals surface area contributed by atoms with Crippen LogP contribution in [0.3, 0.4) is 0 Å². The maximum Gasteiger partial charge on any atom is 0.240 e. The smallest absolute Gasteiger partial charge is 0.240 e. The van der Waals surface area contributed by atoms with Crippen LogP contribution in [-0.4, -0.2) is 32.0 Å². The highest BCUT2D eigenvalue weighted by atomic mass is 32.2. The molecule has 0 aliphatic carbocycles. The van der Waals surface area contributed by atoms with Crippen molar-refractivity contribution in [1.29, 1.82) is 0 Å². The molecule has 6 heteroatoms. The van der Waals surface area contributed by atoms with E-state index >= 15 is 0 Å². The molecule has 112 valence electrons. The van der Waals surface area contributed by atoms with E-state index in [1.54, 1.807) is 26.0 Å². The average Bonchev–Trinajstić information content (AvgIpc) is 2.44. The van der Waals surface area contributed by atoms with E-state index in [0.717, 1.165) is 0 Å². The van der Waals surface area contributed by atoms with Crippen molar-refractivity contribution in [2.75, 3.05) is 6.61 Å². The number of aliphatic hydroxyl groups is 1. The van der Waals surface area contributed by atoms with Crippen LogP contribution in [0.5, 0.6) is 0 Å². The number of nitrogens with one attached hydrogen (secondary N) is 1. The number of hydrogen-bond acceptors (Lipinski definition) is 4. The van der Waals surface area contributed by atoms with Gasteiger partial charge in [-0.1, -0.05) is 19.1 Å². The van der Waals surface area contributed by atoms with Crippen LogP contribution < -0.4 is 4.72 Å². The minimum atomic E-state index is -3.64. The molecule has 20 heavy (non-hydrogen) atoms. The first-order valence-electron chi connectivity index (χ1n) is 6.67. The number of benzene rings is 1. The molecule has 1 atom stereocenters. The Kier molecular flexibility index (Phi) is 6.32. The van der Waals surface area contributed by atoms with Gasteiger partial charge in [-0.05, 0) is 31.9 Å². The Balaban J connectivity index is 2.90. The zero-order valence-corrected chi connectivity index (χ0v) is 12.6. The predicted molar refractivity (Wildman–Crippen MR) is 77.2 cm³/mol. The molecule has 1 aromatic carbocycles. The molecule has 0 bridgehead atoms. The van der Waals surface area contributed by atoms with Gasteiger partial charge in [-0.2, -0.15) is 0 Å². The summed E-state index contributed by atoms with van der Waals surface area (Å²) in [7, 11) is -3.64. The number of carbonyl (C=O) groups excluding carboxylic acids is 1. The summed E-state index contributed by atoms with van der Waals surface area (Å²) in [4.78, 5) is 11.7. The SMILES string of the molecule is CCC(=O)c1cccc(S(=O)(=O)NC(C)CCCO)c1. The number of ketones is 1. The normalized spacial score (nSPS) is 13.2. The third kappa shape index (κ3) is 4.70. The second kappa shape index (κ2) is 7.52. The Morgan fingerprint density at radius 3 is 2.70 bits per heavy atom. The van der Waals surface area contributed by atoms with Crippen molar-refractivity contribution in [3.05, 3.63) is 29.8 Å². The molecule has 0 radical (unpaired) electrons. The number of rotatable bonds is 8. The van der Waals surface area contributed by atoms with E-state index in [-0.39, 0.29) is 23.3 Å². The van der Waals surface area contributed by atoms with Crippen molar-refractivity contribution >= 4 is 15.8 Å². The second-order valence-corrected chi connectivity index (χ2v) is 6.41. The van der Waals surface area contributed by atoms with Crippen molar-refractivity contribution in [3.63, 3.8) is 0 Å². The molecule has 1 rings (SSSR count). The highest BCUT2D eigenvalue weighted by molar-refractivity contribution is 7.89. The van der Waals surface area contributed by atoms with Crippen molar-refractivity contribution in [1.82, 2.24) is 4.72 Å². The summed E-state index contributed by atoms with van der Waals surface area (Å²) in [6, 6.07) is 5.77. The second-order valence-electron chi connectivity index (χ2n) is 4.69. The van der Waals surface area contributed by atoms with Crippen molar-refractivity contribution < 1.29 is 18.3 Å². The van der Waals surface area contributed by atoms with Gasteiger partial charge in [-0.3, -0.25) is 4.79 Å². The molecule has 0 saturated carbocycles. The van der Waals surface area contributed by atoms with Crippen molar-refractivity contribution in [2.45, 2.75) is 44.0 Å². The fourth-order valence-corrected chi connectivity index (χ4v) is 3.15. The van der Waals surface area contributed by atoms with Crippen LogP contribution in [0.2, 0.25) is 0 Å². The van der Waals surface area contributed by atoms with E-state index in [1.807, 2.05) is 0 Å². The third-order valence-corrected chi connectivity index (χ3v) is 4.53. The number of hydrogen-bond donors (Lipinski definition) is 2. The van der Waals surface area contributed by atoms with Crippen LogP contribution in [0.25, 0.3) is 0 Å². The van der Waals surface area contributed by atoms with Gasteiger partial charge in [0, 0.05) is 24.6 Å². The first-order chi connectivity index (χ1) is 9.40. The molecule has 0 aliphatic heterocycles. The third-order valence-electron chi connectivity index (χ3n) is 2.94. The van der Waals surface area contributed by atoms with E-state index in [9.17, 15) is 13.2 Å². The lowest BCUT2D eigenvalue weighted by Crippen LogP contribution is -2.32. The number of carbonyl (C=O) groups is 1. The Morgan fingerprint density at radius 1 is 1.40 bits per heavy atom. The summed E-state index contributed by atoms with van der Waals surface area (Å²) in [5, 5.41) is 8.74. The van der Waals surface area contributed by atoms with Gasteiger partial charge in [0.05, 0.1) is 4.90 Å². The Hall–Kier alpha value is -1.24. The Bertz CT molecular complexity index is 554. The molecular formula is C14H21NO4S. The fraction of sp³-hybridized carbons (Fsp3) is 0.500. The maximum atomic E-state index is 12.2. The van der Waals surface area contributed by atoms with Gasteiger partial charge in [0.2, 0.25) is 10.0 Å². The molecule has 0 aromatic heterocycles. The van der Waals surface area contributed by atoms with Crippen LogP contribution in [0.1, 0.15) is 43.5 Å². The van der Waals surface area contributed by atoms with Crippen LogP contribution in [-0.2, 0) is 10.0 Å². The van der Waals surface area contributed by atoms with Gasteiger partial charge in [0.25, 0.3) is 0 Å². The Labute approximate surface area is 120 Å². The summed E-state index contributed by atoms with van der Waals surface area (Å²) in [6.45, 7) is 3.51. The van der Waals surface area contributed by atoms with E-state index in [2.05, 4.69) is 4.72 Å². The van der Waals surface area contributed by atoms with Crippen LogP contribution in [0.15, 0.2) is 29.2 Å². The van der Waals surface area contributed by atoms with Crippen molar-refractivity contribution in [3.8, 4) is 0 Å². The lowest BCUT2D eigenvalue weighted by Gasteiger charge is -2.14. The molecule has 0 aliphatic rings. The zero-order chi connectivity index (χ0) is 15.2. The topological polar surface area (TPSA) is 83.5 Å². The van der Waals surface area contributed by atoms with Crippen LogP contribution in [0, 0.1) is 0 Å². The van der Waals surface area contributed by atoms with Gasteiger partial charge in [-0.25, -0.2) is 13.1 Å². The first kappa shape index (κ1) is 16.8. The van der Waals surface area contributed by atoms with Gasteiger partial charge in [-0.15, -0.1) is 0 Å². The van der Waals surface area contributed by atoms with Gasteiger partial charge in [0.15, 0.2) is 5.78 Å².